The first-order valence-electron chi connectivity index (χ1n) is 7.42. The number of nitrogens with zero attached hydrogens (tertiary/aromatic N) is 2. The highest BCUT2D eigenvalue weighted by molar-refractivity contribution is 5.78. The van der Waals surface area contributed by atoms with Crippen molar-refractivity contribution < 1.29 is 4.79 Å². The van der Waals surface area contributed by atoms with Crippen molar-refractivity contribution >= 4 is 11.6 Å². The highest BCUT2D eigenvalue weighted by atomic mass is 16.2. The van der Waals surface area contributed by atoms with Gasteiger partial charge in [-0.1, -0.05) is 19.1 Å². The average molecular weight is 275 g/mol. The molecule has 4 heteroatoms. The highest BCUT2D eigenvalue weighted by Gasteiger charge is 2.25. The van der Waals surface area contributed by atoms with Gasteiger partial charge in [-0.05, 0) is 43.6 Å². The van der Waals surface area contributed by atoms with Crippen molar-refractivity contribution in [2.75, 3.05) is 32.4 Å². The van der Waals surface area contributed by atoms with Crippen LogP contribution in [0.3, 0.4) is 0 Å². The predicted octanol–water partition coefficient (Wildman–Crippen LogP) is 1.75. The lowest BCUT2D eigenvalue weighted by Gasteiger charge is -2.27. The number of rotatable bonds is 5. The molecular weight excluding hydrogens is 250 g/mol. The van der Waals surface area contributed by atoms with Crippen LogP contribution in [0.1, 0.15) is 25.3 Å². The van der Waals surface area contributed by atoms with E-state index in [-0.39, 0.29) is 5.91 Å². The van der Waals surface area contributed by atoms with E-state index in [1.807, 2.05) is 36.2 Å². The Balaban J connectivity index is 1.89. The zero-order valence-corrected chi connectivity index (χ0v) is 12.5. The van der Waals surface area contributed by atoms with E-state index in [9.17, 15) is 4.79 Å². The number of carbonyl (C=O) groups is 1. The SMILES string of the molecule is CCN1CCCC1CN(C)C(=O)Cc1cccc(N)c1. The molecule has 1 aliphatic heterocycles. The molecule has 0 radical (unpaired) electrons. The molecular formula is C16H25N3O. The first-order chi connectivity index (χ1) is 9.60. The first kappa shape index (κ1) is 14.9. The zero-order valence-electron chi connectivity index (χ0n) is 12.5. The van der Waals surface area contributed by atoms with Crippen LogP contribution in [-0.4, -0.2) is 48.4 Å². The third-order valence-electron chi connectivity index (χ3n) is 4.12. The van der Waals surface area contributed by atoms with Gasteiger partial charge >= 0.3 is 0 Å². The van der Waals surface area contributed by atoms with Gasteiger partial charge in [-0.15, -0.1) is 0 Å². The molecule has 0 bridgehead atoms. The van der Waals surface area contributed by atoms with Crippen LogP contribution in [0.25, 0.3) is 0 Å². The minimum atomic E-state index is 0.165. The van der Waals surface area contributed by atoms with E-state index in [0.717, 1.165) is 18.7 Å². The first-order valence-corrected chi connectivity index (χ1v) is 7.42. The molecule has 1 atom stereocenters. The van der Waals surface area contributed by atoms with Gasteiger partial charge in [-0.2, -0.15) is 0 Å². The fraction of sp³-hybridized carbons (Fsp3) is 0.562. The topological polar surface area (TPSA) is 49.6 Å². The number of nitrogen functional groups attached to an aromatic ring is 1. The molecule has 1 aromatic carbocycles. The number of carbonyl (C=O) groups excluding carboxylic acids is 1. The van der Waals surface area contributed by atoms with Crippen molar-refractivity contribution in [2.24, 2.45) is 0 Å². The molecule has 1 saturated heterocycles. The number of likely N-dealkylation sites (tertiary alicyclic amines) is 1. The van der Waals surface area contributed by atoms with E-state index in [0.29, 0.717) is 18.2 Å². The molecule has 1 aromatic rings. The predicted molar refractivity (Wildman–Crippen MR) is 82.5 cm³/mol. The number of benzene rings is 1. The molecule has 1 heterocycles. The maximum absolute atomic E-state index is 12.3. The van der Waals surface area contributed by atoms with Crippen molar-refractivity contribution in [2.45, 2.75) is 32.2 Å². The standard InChI is InChI=1S/C16H25N3O/c1-3-19-9-5-8-15(19)12-18(2)16(20)11-13-6-4-7-14(17)10-13/h4,6-7,10,15H,3,5,8-9,11-12,17H2,1-2H3. The molecule has 0 spiro atoms. The summed E-state index contributed by atoms with van der Waals surface area (Å²) in [6, 6.07) is 8.09. The highest BCUT2D eigenvalue weighted by Crippen LogP contribution is 2.17. The maximum atomic E-state index is 12.3. The molecule has 110 valence electrons. The fourth-order valence-electron chi connectivity index (χ4n) is 2.95. The minimum absolute atomic E-state index is 0.165. The second kappa shape index (κ2) is 6.75. The monoisotopic (exact) mass is 275 g/mol. The molecule has 1 fully saturated rings. The Labute approximate surface area is 121 Å². The molecule has 0 aliphatic carbocycles. The lowest BCUT2D eigenvalue weighted by Crippen LogP contribution is -2.41. The van der Waals surface area contributed by atoms with Crippen molar-refractivity contribution in [1.29, 1.82) is 0 Å². The van der Waals surface area contributed by atoms with Gasteiger partial charge in [-0.25, -0.2) is 0 Å². The largest absolute Gasteiger partial charge is 0.399 e. The van der Waals surface area contributed by atoms with Gasteiger partial charge in [0, 0.05) is 25.3 Å². The van der Waals surface area contributed by atoms with Gasteiger partial charge in [0.2, 0.25) is 5.91 Å². The van der Waals surface area contributed by atoms with Gasteiger partial charge in [0.05, 0.1) is 6.42 Å². The van der Waals surface area contributed by atoms with Crippen LogP contribution in [0.2, 0.25) is 0 Å². The van der Waals surface area contributed by atoms with Crippen LogP contribution in [0.4, 0.5) is 5.69 Å². The smallest absolute Gasteiger partial charge is 0.226 e. The van der Waals surface area contributed by atoms with Gasteiger partial charge in [0.1, 0.15) is 0 Å². The van der Waals surface area contributed by atoms with Crippen molar-refractivity contribution in [3.63, 3.8) is 0 Å². The summed E-state index contributed by atoms with van der Waals surface area (Å²) < 4.78 is 0. The van der Waals surface area contributed by atoms with Crippen molar-refractivity contribution in [3.05, 3.63) is 29.8 Å². The zero-order chi connectivity index (χ0) is 14.5. The number of hydrogen-bond donors (Lipinski definition) is 1. The lowest BCUT2D eigenvalue weighted by atomic mass is 10.1. The van der Waals surface area contributed by atoms with Gasteiger partial charge in [0.15, 0.2) is 0 Å². The van der Waals surface area contributed by atoms with Crippen molar-refractivity contribution in [1.82, 2.24) is 9.80 Å². The van der Waals surface area contributed by atoms with E-state index in [1.54, 1.807) is 0 Å². The minimum Gasteiger partial charge on any atom is -0.399 e. The summed E-state index contributed by atoms with van der Waals surface area (Å²) in [6.45, 7) is 5.25. The number of amides is 1. The molecule has 2 rings (SSSR count). The second-order valence-corrected chi connectivity index (χ2v) is 5.62. The van der Waals surface area contributed by atoms with Crippen LogP contribution in [0.15, 0.2) is 24.3 Å². The Bertz CT molecular complexity index is 461. The van der Waals surface area contributed by atoms with Crippen LogP contribution < -0.4 is 5.73 Å². The fourth-order valence-corrected chi connectivity index (χ4v) is 2.95. The van der Waals surface area contributed by atoms with E-state index >= 15 is 0 Å². The normalized spacial score (nSPS) is 19.2. The number of likely N-dealkylation sites (N-methyl/N-ethyl adjacent to an activating group) is 2. The second-order valence-electron chi connectivity index (χ2n) is 5.62. The van der Waals surface area contributed by atoms with E-state index in [2.05, 4.69) is 11.8 Å². The van der Waals surface area contributed by atoms with E-state index in [1.165, 1.54) is 19.4 Å². The van der Waals surface area contributed by atoms with Gasteiger partial charge in [0.25, 0.3) is 0 Å². The Hall–Kier alpha value is -1.55. The third-order valence-corrected chi connectivity index (χ3v) is 4.12. The van der Waals surface area contributed by atoms with Crippen LogP contribution in [0, 0.1) is 0 Å². The molecule has 1 amide bonds. The Morgan fingerprint density at radius 3 is 3.00 bits per heavy atom. The molecule has 20 heavy (non-hydrogen) atoms. The number of anilines is 1. The van der Waals surface area contributed by atoms with Crippen LogP contribution in [0.5, 0.6) is 0 Å². The Morgan fingerprint density at radius 2 is 2.30 bits per heavy atom. The third kappa shape index (κ3) is 3.73. The number of nitrogens with two attached hydrogens (primary N) is 1. The Morgan fingerprint density at radius 1 is 1.50 bits per heavy atom. The summed E-state index contributed by atoms with van der Waals surface area (Å²) in [5.74, 6) is 0.165. The summed E-state index contributed by atoms with van der Waals surface area (Å²) in [5.41, 5.74) is 7.45. The summed E-state index contributed by atoms with van der Waals surface area (Å²) in [5, 5.41) is 0. The molecule has 0 saturated carbocycles. The maximum Gasteiger partial charge on any atom is 0.226 e. The summed E-state index contributed by atoms with van der Waals surface area (Å²) in [7, 11) is 1.90. The lowest BCUT2D eigenvalue weighted by molar-refractivity contribution is -0.129. The molecule has 4 nitrogen and oxygen atoms in total. The molecule has 1 unspecified atom stereocenters. The van der Waals surface area contributed by atoms with Gasteiger partial charge < -0.3 is 10.6 Å². The van der Waals surface area contributed by atoms with E-state index in [4.69, 9.17) is 5.73 Å². The Kier molecular flexibility index (Phi) is 5.01. The van der Waals surface area contributed by atoms with Crippen LogP contribution in [-0.2, 0) is 11.2 Å². The summed E-state index contributed by atoms with van der Waals surface area (Å²) in [4.78, 5) is 16.6. The van der Waals surface area contributed by atoms with Gasteiger partial charge in [-0.3, -0.25) is 9.69 Å². The van der Waals surface area contributed by atoms with Crippen LogP contribution >= 0.6 is 0 Å². The molecule has 1 aliphatic rings. The van der Waals surface area contributed by atoms with Crippen molar-refractivity contribution in [3.8, 4) is 0 Å². The summed E-state index contributed by atoms with van der Waals surface area (Å²) >= 11 is 0. The summed E-state index contributed by atoms with van der Waals surface area (Å²) in [6.07, 6.45) is 2.87. The number of hydrogen-bond acceptors (Lipinski definition) is 3. The quantitative estimate of drug-likeness (QED) is 0.833. The average Bonchev–Trinajstić information content (AvgIpc) is 2.85. The molecule has 2 N–H and O–H groups in total. The van der Waals surface area contributed by atoms with E-state index < -0.39 is 0 Å². The molecule has 0 aromatic heterocycles.